The molecular weight excluding hydrogens is 512 g/mol. The predicted octanol–water partition coefficient (Wildman–Crippen LogP) is 3.51. The van der Waals surface area contributed by atoms with Crippen LogP contribution >= 0.6 is 27.5 Å². The van der Waals surface area contributed by atoms with E-state index >= 15 is 0 Å². The molecule has 3 amide bonds. The Hall–Kier alpha value is -3.31. The number of esters is 2. The molecular formula is C20H16BrClN2O8. The standard InChI is InChI=1S/C20H16BrClN2O8/c1-9(25)31-17-14(29-2)7-10(15(21)16(17)22)6-12-18(26)24(20(28)23-12)8-11-4-5-13(32-11)19(27)30-3/h4-7H,8H2,1-3H3,(H,23,28)/b12-6-. The number of hydrogen-bond donors (Lipinski definition) is 1. The molecule has 1 aromatic carbocycles. The number of nitrogens with zero attached hydrogens (tertiary/aromatic N) is 1. The van der Waals surface area contributed by atoms with Gasteiger partial charge in [0.05, 0.1) is 20.8 Å². The van der Waals surface area contributed by atoms with Crippen LogP contribution in [-0.4, -0.2) is 43.0 Å². The second-order valence-electron chi connectivity index (χ2n) is 6.36. The molecule has 2 aromatic rings. The fourth-order valence-corrected chi connectivity index (χ4v) is 3.45. The van der Waals surface area contributed by atoms with Gasteiger partial charge in [0.1, 0.15) is 16.5 Å². The number of urea groups is 1. The number of halogens is 2. The van der Waals surface area contributed by atoms with Crippen molar-refractivity contribution in [3.05, 3.63) is 50.5 Å². The van der Waals surface area contributed by atoms with Gasteiger partial charge in [-0.1, -0.05) is 11.6 Å². The first-order valence-electron chi connectivity index (χ1n) is 8.92. The number of amides is 3. The molecule has 0 radical (unpaired) electrons. The number of carbonyl (C=O) groups is 4. The van der Waals surface area contributed by atoms with E-state index in [1.807, 2.05) is 0 Å². The molecule has 1 aliphatic heterocycles. The Balaban J connectivity index is 1.88. The van der Waals surface area contributed by atoms with Crippen LogP contribution in [0.25, 0.3) is 6.08 Å². The highest BCUT2D eigenvalue weighted by atomic mass is 79.9. The highest BCUT2D eigenvalue weighted by Gasteiger charge is 2.35. The zero-order valence-corrected chi connectivity index (χ0v) is 19.3. The minimum absolute atomic E-state index is 0.0123. The first kappa shape index (κ1) is 23.4. The quantitative estimate of drug-likeness (QED) is 0.262. The van der Waals surface area contributed by atoms with Crippen molar-refractivity contribution in [2.24, 2.45) is 0 Å². The highest BCUT2D eigenvalue weighted by molar-refractivity contribution is 9.10. The average Bonchev–Trinajstić information content (AvgIpc) is 3.33. The van der Waals surface area contributed by atoms with Gasteiger partial charge in [0.2, 0.25) is 5.76 Å². The Bertz CT molecular complexity index is 1160. The number of methoxy groups -OCH3 is 2. The van der Waals surface area contributed by atoms with E-state index in [0.717, 1.165) is 4.90 Å². The van der Waals surface area contributed by atoms with Crippen molar-refractivity contribution in [2.75, 3.05) is 14.2 Å². The number of rotatable bonds is 6. The molecule has 1 N–H and O–H groups in total. The summed E-state index contributed by atoms with van der Waals surface area (Å²) in [5.74, 6) is -1.57. The number of carbonyl (C=O) groups excluding carboxylic acids is 4. The Morgan fingerprint density at radius 3 is 2.62 bits per heavy atom. The van der Waals surface area contributed by atoms with Crippen LogP contribution in [0.1, 0.15) is 28.8 Å². The number of benzene rings is 1. The number of ether oxygens (including phenoxy) is 3. The molecule has 168 valence electrons. The molecule has 12 heteroatoms. The normalized spacial score (nSPS) is 14.5. The molecule has 1 saturated heterocycles. The molecule has 10 nitrogen and oxygen atoms in total. The lowest BCUT2D eigenvalue weighted by Gasteiger charge is -2.13. The molecule has 32 heavy (non-hydrogen) atoms. The molecule has 1 aliphatic rings. The molecule has 0 atom stereocenters. The third-order valence-electron chi connectivity index (χ3n) is 4.25. The van der Waals surface area contributed by atoms with Gasteiger partial charge in [0, 0.05) is 11.4 Å². The second kappa shape index (κ2) is 9.45. The Kier molecular flexibility index (Phi) is 6.90. The average molecular weight is 528 g/mol. The lowest BCUT2D eigenvalue weighted by molar-refractivity contribution is -0.132. The highest BCUT2D eigenvalue weighted by Crippen LogP contribution is 2.43. The van der Waals surface area contributed by atoms with E-state index in [0.29, 0.717) is 10.0 Å². The van der Waals surface area contributed by atoms with E-state index in [-0.39, 0.29) is 40.3 Å². The van der Waals surface area contributed by atoms with Crippen LogP contribution in [-0.2, 0) is 20.9 Å². The maximum Gasteiger partial charge on any atom is 0.373 e. The summed E-state index contributed by atoms with van der Waals surface area (Å²) in [6.45, 7) is 1.02. The van der Waals surface area contributed by atoms with Crippen LogP contribution in [0.5, 0.6) is 11.5 Å². The number of imide groups is 1. The van der Waals surface area contributed by atoms with Crippen molar-refractivity contribution < 1.29 is 37.8 Å². The molecule has 2 heterocycles. The fraction of sp³-hybridized carbons (Fsp3) is 0.200. The number of hydrogen-bond acceptors (Lipinski definition) is 8. The molecule has 0 saturated carbocycles. The minimum atomic E-state index is -0.679. The third kappa shape index (κ3) is 4.63. The fourth-order valence-electron chi connectivity index (χ4n) is 2.80. The van der Waals surface area contributed by atoms with Gasteiger partial charge in [-0.2, -0.15) is 0 Å². The third-order valence-corrected chi connectivity index (χ3v) is 5.69. The maximum absolute atomic E-state index is 12.8. The first-order valence-corrected chi connectivity index (χ1v) is 10.1. The summed E-state index contributed by atoms with van der Waals surface area (Å²) < 4.78 is 20.5. The Morgan fingerprint density at radius 2 is 2.00 bits per heavy atom. The molecule has 0 aliphatic carbocycles. The van der Waals surface area contributed by atoms with Crippen LogP contribution in [0.2, 0.25) is 5.02 Å². The zero-order valence-electron chi connectivity index (χ0n) is 17.0. The monoisotopic (exact) mass is 526 g/mol. The van der Waals surface area contributed by atoms with E-state index in [2.05, 4.69) is 26.0 Å². The van der Waals surface area contributed by atoms with E-state index in [4.69, 9.17) is 25.5 Å². The number of furan rings is 1. The van der Waals surface area contributed by atoms with Crippen molar-refractivity contribution in [3.63, 3.8) is 0 Å². The summed E-state index contributed by atoms with van der Waals surface area (Å²) in [7, 11) is 2.57. The van der Waals surface area contributed by atoms with Crippen molar-refractivity contribution in [3.8, 4) is 11.5 Å². The van der Waals surface area contributed by atoms with Crippen LogP contribution < -0.4 is 14.8 Å². The van der Waals surface area contributed by atoms with E-state index in [9.17, 15) is 19.2 Å². The van der Waals surface area contributed by atoms with Gasteiger partial charge in [0.15, 0.2) is 11.5 Å². The van der Waals surface area contributed by atoms with Gasteiger partial charge in [-0.3, -0.25) is 14.5 Å². The predicted molar refractivity (Wildman–Crippen MR) is 114 cm³/mol. The van der Waals surface area contributed by atoms with Crippen molar-refractivity contribution in [1.82, 2.24) is 10.2 Å². The summed E-state index contributed by atoms with van der Waals surface area (Å²) in [5, 5.41) is 2.52. The molecule has 3 rings (SSSR count). The van der Waals surface area contributed by atoms with E-state index in [1.165, 1.54) is 45.4 Å². The van der Waals surface area contributed by atoms with Crippen molar-refractivity contribution in [1.29, 1.82) is 0 Å². The van der Waals surface area contributed by atoms with Gasteiger partial charge in [-0.15, -0.1) is 0 Å². The lowest BCUT2D eigenvalue weighted by Crippen LogP contribution is -2.30. The van der Waals surface area contributed by atoms with E-state index in [1.54, 1.807) is 0 Å². The van der Waals surface area contributed by atoms with Gasteiger partial charge in [-0.25, -0.2) is 9.59 Å². The Labute approximate surface area is 195 Å². The summed E-state index contributed by atoms with van der Waals surface area (Å²) in [6.07, 6.45) is 1.39. The van der Waals surface area contributed by atoms with Crippen LogP contribution in [0, 0.1) is 0 Å². The van der Waals surface area contributed by atoms with Crippen LogP contribution in [0.3, 0.4) is 0 Å². The first-order chi connectivity index (χ1) is 15.2. The largest absolute Gasteiger partial charge is 0.493 e. The molecule has 0 unspecified atom stereocenters. The van der Waals surface area contributed by atoms with Gasteiger partial charge >= 0.3 is 18.0 Å². The minimum Gasteiger partial charge on any atom is -0.493 e. The van der Waals surface area contributed by atoms with Crippen molar-refractivity contribution in [2.45, 2.75) is 13.5 Å². The Morgan fingerprint density at radius 1 is 1.28 bits per heavy atom. The van der Waals surface area contributed by atoms with Crippen LogP contribution in [0.15, 0.2) is 32.8 Å². The topological polar surface area (TPSA) is 124 Å². The lowest BCUT2D eigenvalue weighted by atomic mass is 10.1. The molecule has 1 fully saturated rings. The molecule has 0 bridgehead atoms. The van der Waals surface area contributed by atoms with Crippen molar-refractivity contribution >= 4 is 57.5 Å². The van der Waals surface area contributed by atoms with E-state index < -0.39 is 23.9 Å². The summed E-state index contributed by atoms with van der Waals surface area (Å²) in [4.78, 5) is 48.9. The maximum atomic E-state index is 12.8. The zero-order chi connectivity index (χ0) is 23.6. The number of nitrogens with one attached hydrogen (secondary N) is 1. The SMILES string of the molecule is COC(=O)c1ccc(CN2C(=O)N/C(=C\c3cc(OC)c(OC(C)=O)c(Cl)c3Br)C2=O)o1. The summed E-state index contributed by atoms with van der Waals surface area (Å²) in [6, 6.07) is 3.65. The van der Waals surface area contributed by atoms with Gasteiger partial charge < -0.3 is 23.9 Å². The molecule has 1 aromatic heterocycles. The molecule has 0 spiro atoms. The summed E-state index contributed by atoms with van der Waals surface area (Å²) in [5.41, 5.74) is 0.355. The van der Waals surface area contributed by atoms with Gasteiger partial charge in [-0.05, 0) is 45.8 Å². The smallest absolute Gasteiger partial charge is 0.373 e. The second-order valence-corrected chi connectivity index (χ2v) is 7.53. The summed E-state index contributed by atoms with van der Waals surface area (Å²) >= 11 is 9.59. The van der Waals surface area contributed by atoms with Gasteiger partial charge in [0.25, 0.3) is 5.91 Å². The van der Waals surface area contributed by atoms with Crippen LogP contribution in [0.4, 0.5) is 4.79 Å².